The second-order valence-electron chi connectivity index (χ2n) is 6.47. The molecule has 1 aromatic heterocycles. The van der Waals surface area contributed by atoms with Crippen LogP contribution in [0.5, 0.6) is 0 Å². The molecule has 0 spiro atoms. The van der Waals surface area contributed by atoms with Crippen LogP contribution in [0, 0.1) is 11.3 Å². The lowest BCUT2D eigenvalue weighted by atomic mass is 9.92. The zero-order chi connectivity index (χ0) is 12.6. The SMILES string of the molecule is CC(C)C1(Cn2cncc2C2CCCCN2)CC1. The maximum absolute atomic E-state index is 4.39. The number of nitrogens with one attached hydrogen (secondary N) is 1. The summed E-state index contributed by atoms with van der Waals surface area (Å²) in [5.41, 5.74) is 1.96. The van der Waals surface area contributed by atoms with Crippen LogP contribution in [0.25, 0.3) is 0 Å². The van der Waals surface area contributed by atoms with Crippen LogP contribution in [0.15, 0.2) is 12.5 Å². The van der Waals surface area contributed by atoms with Crippen LogP contribution < -0.4 is 5.32 Å². The maximum Gasteiger partial charge on any atom is 0.0948 e. The third kappa shape index (κ3) is 2.20. The summed E-state index contributed by atoms with van der Waals surface area (Å²) >= 11 is 0. The van der Waals surface area contributed by atoms with E-state index in [9.17, 15) is 0 Å². The number of hydrogen-bond donors (Lipinski definition) is 1. The molecular formula is C15H25N3. The quantitative estimate of drug-likeness (QED) is 0.886. The van der Waals surface area contributed by atoms with Gasteiger partial charge in [-0.25, -0.2) is 4.98 Å². The highest BCUT2D eigenvalue weighted by molar-refractivity contribution is 5.08. The molecule has 1 saturated carbocycles. The lowest BCUT2D eigenvalue weighted by Crippen LogP contribution is -2.29. The molecule has 1 aliphatic carbocycles. The molecule has 18 heavy (non-hydrogen) atoms. The van der Waals surface area contributed by atoms with Gasteiger partial charge < -0.3 is 9.88 Å². The van der Waals surface area contributed by atoms with Crippen LogP contribution in [-0.2, 0) is 6.54 Å². The fraction of sp³-hybridized carbons (Fsp3) is 0.800. The molecule has 1 aromatic rings. The molecule has 0 amide bonds. The van der Waals surface area contributed by atoms with Crippen LogP contribution >= 0.6 is 0 Å². The van der Waals surface area contributed by atoms with Crippen molar-refractivity contribution in [3.63, 3.8) is 0 Å². The van der Waals surface area contributed by atoms with Crippen LogP contribution in [-0.4, -0.2) is 16.1 Å². The Morgan fingerprint density at radius 2 is 2.28 bits per heavy atom. The average Bonchev–Trinajstić information content (AvgIpc) is 3.02. The molecule has 0 bridgehead atoms. The second-order valence-corrected chi connectivity index (χ2v) is 6.47. The minimum atomic E-state index is 0.532. The van der Waals surface area contributed by atoms with E-state index in [0.717, 1.165) is 19.0 Å². The van der Waals surface area contributed by atoms with E-state index in [2.05, 4.69) is 34.9 Å². The fourth-order valence-corrected chi connectivity index (χ4v) is 3.28. The summed E-state index contributed by atoms with van der Waals surface area (Å²) in [6.07, 6.45) is 10.8. The summed E-state index contributed by atoms with van der Waals surface area (Å²) in [5, 5.41) is 3.64. The molecule has 1 aliphatic heterocycles. The summed E-state index contributed by atoms with van der Waals surface area (Å²) in [6.45, 7) is 7.05. The summed E-state index contributed by atoms with van der Waals surface area (Å²) in [4.78, 5) is 4.39. The normalized spacial score (nSPS) is 26.5. The number of nitrogens with zero attached hydrogens (tertiary/aromatic N) is 2. The second kappa shape index (κ2) is 4.69. The van der Waals surface area contributed by atoms with E-state index in [1.54, 1.807) is 0 Å². The van der Waals surface area contributed by atoms with E-state index in [1.807, 2.05) is 6.33 Å². The zero-order valence-electron chi connectivity index (χ0n) is 11.7. The Hall–Kier alpha value is -0.830. The summed E-state index contributed by atoms with van der Waals surface area (Å²) in [7, 11) is 0. The van der Waals surface area contributed by atoms with Crippen LogP contribution in [0.4, 0.5) is 0 Å². The molecule has 100 valence electrons. The Morgan fingerprint density at radius 1 is 1.44 bits per heavy atom. The molecule has 1 unspecified atom stereocenters. The minimum absolute atomic E-state index is 0.532. The minimum Gasteiger partial charge on any atom is -0.333 e. The summed E-state index contributed by atoms with van der Waals surface area (Å²) < 4.78 is 2.41. The number of aromatic nitrogens is 2. The third-order valence-electron chi connectivity index (χ3n) is 5.01. The monoisotopic (exact) mass is 247 g/mol. The smallest absolute Gasteiger partial charge is 0.0948 e. The van der Waals surface area contributed by atoms with Crippen molar-refractivity contribution in [3.05, 3.63) is 18.2 Å². The van der Waals surface area contributed by atoms with E-state index >= 15 is 0 Å². The third-order valence-corrected chi connectivity index (χ3v) is 5.01. The van der Waals surface area contributed by atoms with Gasteiger partial charge in [0.05, 0.1) is 12.0 Å². The average molecular weight is 247 g/mol. The highest BCUT2D eigenvalue weighted by Crippen LogP contribution is 2.53. The molecule has 3 nitrogen and oxygen atoms in total. The van der Waals surface area contributed by atoms with Crippen molar-refractivity contribution >= 4 is 0 Å². The van der Waals surface area contributed by atoms with Gasteiger partial charge in [0.25, 0.3) is 0 Å². The molecule has 1 N–H and O–H groups in total. The van der Waals surface area contributed by atoms with Crippen molar-refractivity contribution in [2.24, 2.45) is 11.3 Å². The Kier molecular flexibility index (Phi) is 3.18. The van der Waals surface area contributed by atoms with Gasteiger partial charge in [0.15, 0.2) is 0 Å². The molecule has 2 fully saturated rings. The van der Waals surface area contributed by atoms with Crippen LogP contribution in [0.3, 0.4) is 0 Å². The molecule has 1 atom stereocenters. The van der Waals surface area contributed by atoms with Crippen molar-refractivity contribution in [3.8, 4) is 0 Å². The van der Waals surface area contributed by atoms with E-state index < -0.39 is 0 Å². The van der Waals surface area contributed by atoms with Gasteiger partial charge in [-0.1, -0.05) is 20.3 Å². The lowest BCUT2D eigenvalue weighted by molar-refractivity contribution is 0.296. The Balaban J connectivity index is 1.75. The molecule has 0 aromatic carbocycles. The fourth-order valence-electron chi connectivity index (χ4n) is 3.28. The van der Waals surface area contributed by atoms with E-state index in [-0.39, 0.29) is 0 Å². The molecule has 2 aliphatic rings. The number of rotatable bonds is 4. The van der Waals surface area contributed by atoms with Gasteiger partial charge in [-0.3, -0.25) is 0 Å². The standard InChI is InChI=1S/C15H25N3/c1-12(2)15(6-7-15)10-18-11-16-9-14(18)13-5-3-4-8-17-13/h9,11-13,17H,3-8,10H2,1-2H3. The van der Waals surface area contributed by atoms with Gasteiger partial charge >= 0.3 is 0 Å². The first kappa shape index (κ1) is 12.2. The predicted octanol–water partition coefficient (Wildman–Crippen LogP) is 3.13. The Morgan fingerprint density at radius 3 is 2.89 bits per heavy atom. The first-order valence-corrected chi connectivity index (χ1v) is 7.45. The summed E-state index contributed by atoms with van der Waals surface area (Å²) in [5.74, 6) is 0.784. The Labute approximate surface area is 110 Å². The molecule has 0 radical (unpaired) electrons. The largest absolute Gasteiger partial charge is 0.333 e. The highest BCUT2D eigenvalue weighted by Gasteiger charge is 2.45. The first-order chi connectivity index (χ1) is 8.71. The molecule has 1 saturated heterocycles. The summed E-state index contributed by atoms with van der Waals surface area (Å²) in [6, 6.07) is 0.532. The zero-order valence-corrected chi connectivity index (χ0v) is 11.7. The van der Waals surface area contributed by atoms with Gasteiger partial charge in [-0.15, -0.1) is 0 Å². The van der Waals surface area contributed by atoms with Gasteiger partial charge in [-0.05, 0) is 43.6 Å². The van der Waals surface area contributed by atoms with Gasteiger partial charge in [0.2, 0.25) is 0 Å². The molecular weight excluding hydrogens is 222 g/mol. The van der Waals surface area contributed by atoms with Crippen molar-refractivity contribution in [2.75, 3.05) is 6.54 Å². The van der Waals surface area contributed by atoms with Crippen molar-refractivity contribution in [2.45, 2.75) is 58.5 Å². The van der Waals surface area contributed by atoms with Gasteiger partial charge in [0.1, 0.15) is 0 Å². The van der Waals surface area contributed by atoms with Crippen LogP contribution in [0.1, 0.15) is 57.7 Å². The molecule has 2 heterocycles. The van der Waals surface area contributed by atoms with E-state index in [1.165, 1.54) is 37.8 Å². The van der Waals surface area contributed by atoms with Crippen molar-refractivity contribution < 1.29 is 0 Å². The molecule has 3 rings (SSSR count). The maximum atomic E-state index is 4.39. The van der Waals surface area contributed by atoms with Gasteiger partial charge in [-0.2, -0.15) is 0 Å². The lowest BCUT2D eigenvalue weighted by Gasteiger charge is -2.27. The van der Waals surface area contributed by atoms with Gasteiger partial charge in [0, 0.05) is 18.8 Å². The van der Waals surface area contributed by atoms with E-state index in [0.29, 0.717) is 11.5 Å². The highest BCUT2D eigenvalue weighted by atomic mass is 15.1. The number of piperidine rings is 1. The number of imidazole rings is 1. The number of hydrogen-bond acceptors (Lipinski definition) is 2. The predicted molar refractivity (Wildman–Crippen MR) is 73.3 cm³/mol. The Bertz CT molecular complexity index is 398. The van der Waals surface area contributed by atoms with Crippen molar-refractivity contribution in [1.82, 2.24) is 14.9 Å². The topological polar surface area (TPSA) is 29.9 Å². The first-order valence-electron chi connectivity index (χ1n) is 7.45. The van der Waals surface area contributed by atoms with Crippen LogP contribution in [0.2, 0.25) is 0 Å². The van der Waals surface area contributed by atoms with E-state index in [4.69, 9.17) is 0 Å². The van der Waals surface area contributed by atoms with Crippen molar-refractivity contribution in [1.29, 1.82) is 0 Å². The molecule has 3 heteroatoms.